The van der Waals surface area contributed by atoms with E-state index in [-0.39, 0.29) is 23.4 Å². The van der Waals surface area contributed by atoms with Gasteiger partial charge < -0.3 is 9.88 Å². The van der Waals surface area contributed by atoms with Crippen molar-refractivity contribution >= 4 is 28.9 Å². The van der Waals surface area contributed by atoms with Crippen molar-refractivity contribution in [2.24, 2.45) is 0 Å². The summed E-state index contributed by atoms with van der Waals surface area (Å²) < 4.78 is 1.39. The second-order valence-corrected chi connectivity index (χ2v) is 6.59. The molecule has 1 amide bonds. The number of hydrogen-bond acceptors (Lipinski definition) is 4. The molecule has 0 aliphatic rings. The van der Waals surface area contributed by atoms with Gasteiger partial charge in [-0.2, -0.15) is 0 Å². The zero-order chi connectivity index (χ0) is 20.3. The first-order valence-electron chi connectivity index (χ1n) is 8.35. The molecule has 142 valence electrons. The molecule has 0 unspecified atom stereocenters. The van der Waals surface area contributed by atoms with Crippen LogP contribution < -0.4 is 10.9 Å². The number of amides is 1. The topological polar surface area (TPSA) is 94.2 Å². The highest BCUT2D eigenvalue weighted by Gasteiger charge is 2.13. The molecule has 0 fully saturated rings. The van der Waals surface area contributed by atoms with E-state index in [1.165, 1.54) is 35.0 Å². The van der Waals surface area contributed by atoms with E-state index in [0.717, 1.165) is 5.56 Å². The van der Waals surface area contributed by atoms with Crippen LogP contribution in [0.1, 0.15) is 21.5 Å². The van der Waals surface area contributed by atoms with E-state index in [1.807, 2.05) is 6.07 Å². The van der Waals surface area contributed by atoms with Crippen LogP contribution in [-0.4, -0.2) is 15.4 Å². The first kappa shape index (κ1) is 19.3. The molecule has 0 radical (unpaired) electrons. The number of hydrogen-bond donors (Lipinski definition) is 1. The lowest BCUT2D eigenvalue weighted by atomic mass is 10.1. The molecule has 0 bridgehead atoms. The summed E-state index contributed by atoms with van der Waals surface area (Å²) in [7, 11) is 0. The summed E-state index contributed by atoms with van der Waals surface area (Å²) in [4.78, 5) is 35.2. The van der Waals surface area contributed by atoms with E-state index in [0.29, 0.717) is 16.3 Å². The van der Waals surface area contributed by atoms with Crippen LogP contribution in [0, 0.1) is 17.0 Å². The Morgan fingerprint density at radius 2 is 1.93 bits per heavy atom. The Morgan fingerprint density at radius 3 is 2.64 bits per heavy atom. The van der Waals surface area contributed by atoms with Gasteiger partial charge in [0.2, 0.25) is 0 Å². The Bertz CT molecular complexity index is 1120. The number of carbonyl (C=O) groups is 1. The fourth-order valence-electron chi connectivity index (χ4n) is 2.65. The standard InChI is InChI=1S/C20H16ClN3O4/c1-13-6-8-16(24(27)28)10-18(13)22-20(26)15-7-9-19(25)23(12-15)11-14-4-2-3-5-17(14)21/h2-10,12H,11H2,1H3,(H,22,26). The van der Waals surface area contributed by atoms with Gasteiger partial charge in [-0.15, -0.1) is 0 Å². The fourth-order valence-corrected chi connectivity index (χ4v) is 2.85. The van der Waals surface area contributed by atoms with E-state index < -0.39 is 10.8 Å². The molecule has 1 aromatic heterocycles. The first-order valence-corrected chi connectivity index (χ1v) is 8.73. The third-order valence-corrected chi connectivity index (χ3v) is 4.59. The Kier molecular flexibility index (Phi) is 5.56. The number of aromatic nitrogens is 1. The van der Waals surface area contributed by atoms with E-state index in [4.69, 9.17) is 11.6 Å². The van der Waals surface area contributed by atoms with E-state index in [9.17, 15) is 19.7 Å². The smallest absolute Gasteiger partial charge is 0.271 e. The van der Waals surface area contributed by atoms with Gasteiger partial charge in [0.05, 0.1) is 22.7 Å². The van der Waals surface area contributed by atoms with Crippen molar-refractivity contribution in [2.45, 2.75) is 13.5 Å². The minimum atomic E-state index is -0.529. The molecule has 0 saturated heterocycles. The summed E-state index contributed by atoms with van der Waals surface area (Å²) in [5.74, 6) is -0.475. The molecule has 2 aromatic carbocycles. The highest BCUT2D eigenvalue weighted by atomic mass is 35.5. The lowest BCUT2D eigenvalue weighted by molar-refractivity contribution is -0.384. The van der Waals surface area contributed by atoms with Crippen molar-refractivity contribution in [2.75, 3.05) is 5.32 Å². The maximum Gasteiger partial charge on any atom is 0.271 e. The fraction of sp³-hybridized carbons (Fsp3) is 0.100. The monoisotopic (exact) mass is 397 g/mol. The summed E-state index contributed by atoms with van der Waals surface area (Å²) in [6.07, 6.45) is 1.44. The molecule has 0 atom stereocenters. The number of non-ortho nitro benzene ring substituents is 1. The molecule has 3 aromatic rings. The van der Waals surface area contributed by atoms with Crippen LogP contribution in [0.3, 0.4) is 0 Å². The molecule has 8 heteroatoms. The summed E-state index contributed by atoms with van der Waals surface area (Å²) in [5, 5.41) is 14.1. The molecule has 0 saturated carbocycles. The Hall–Kier alpha value is -3.45. The number of pyridine rings is 1. The number of nitro benzene ring substituents is 1. The van der Waals surface area contributed by atoms with E-state index in [2.05, 4.69) is 5.32 Å². The van der Waals surface area contributed by atoms with Gasteiger partial charge in [0.15, 0.2) is 0 Å². The predicted octanol–water partition coefficient (Wildman–Crippen LogP) is 4.02. The summed E-state index contributed by atoms with van der Waals surface area (Å²) in [6.45, 7) is 1.95. The Balaban J connectivity index is 1.87. The zero-order valence-electron chi connectivity index (χ0n) is 14.9. The second kappa shape index (κ2) is 8.06. The van der Waals surface area contributed by atoms with Crippen molar-refractivity contribution in [1.29, 1.82) is 0 Å². The molecule has 0 aliphatic carbocycles. The number of rotatable bonds is 5. The largest absolute Gasteiger partial charge is 0.321 e. The van der Waals surface area contributed by atoms with Crippen molar-refractivity contribution in [1.82, 2.24) is 4.57 Å². The number of nitro groups is 1. The van der Waals surface area contributed by atoms with Gasteiger partial charge in [-0.25, -0.2) is 0 Å². The predicted molar refractivity (Wildman–Crippen MR) is 107 cm³/mol. The number of halogens is 1. The van der Waals surface area contributed by atoms with Crippen LogP contribution in [0.5, 0.6) is 0 Å². The molecule has 1 heterocycles. The van der Waals surface area contributed by atoms with Crippen molar-refractivity contribution in [3.8, 4) is 0 Å². The van der Waals surface area contributed by atoms with Gasteiger partial charge in [0.25, 0.3) is 17.2 Å². The molecular formula is C20H16ClN3O4. The number of benzene rings is 2. The van der Waals surface area contributed by atoms with Gasteiger partial charge in [-0.05, 0) is 30.2 Å². The molecule has 0 spiro atoms. The van der Waals surface area contributed by atoms with Crippen LogP contribution in [-0.2, 0) is 6.54 Å². The SMILES string of the molecule is Cc1ccc([N+](=O)[O-])cc1NC(=O)c1ccc(=O)n(Cc2ccccc2Cl)c1. The lowest BCUT2D eigenvalue weighted by Gasteiger charge is -2.11. The second-order valence-electron chi connectivity index (χ2n) is 6.19. The minimum absolute atomic E-state index is 0.121. The molecular weight excluding hydrogens is 382 g/mol. The summed E-state index contributed by atoms with van der Waals surface area (Å²) >= 11 is 6.14. The first-order chi connectivity index (χ1) is 13.3. The highest BCUT2D eigenvalue weighted by Crippen LogP contribution is 2.22. The Morgan fingerprint density at radius 1 is 1.18 bits per heavy atom. The third kappa shape index (κ3) is 4.27. The lowest BCUT2D eigenvalue weighted by Crippen LogP contribution is -2.22. The van der Waals surface area contributed by atoms with Crippen molar-refractivity contribution < 1.29 is 9.72 Å². The summed E-state index contributed by atoms with van der Waals surface area (Å²) in [6, 6.07) is 14.1. The number of anilines is 1. The Labute approximate surface area is 165 Å². The van der Waals surface area contributed by atoms with E-state index in [1.54, 1.807) is 31.2 Å². The maximum absolute atomic E-state index is 12.6. The quantitative estimate of drug-likeness (QED) is 0.519. The van der Waals surface area contributed by atoms with Crippen LogP contribution in [0.2, 0.25) is 5.02 Å². The number of aryl methyl sites for hydroxylation is 1. The van der Waals surface area contributed by atoms with E-state index >= 15 is 0 Å². The molecule has 1 N–H and O–H groups in total. The van der Waals surface area contributed by atoms with Crippen LogP contribution in [0.25, 0.3) is 0 Å². The highest BCUT2D eigenvalue weighted by molar-refractivity contribution is 6.31. The van der Waals surface area contributed by atoms with Gasteiger partial charge in [-0.3, -0.25) is 19.7 Å². The van der Waals surface area contributed by atoms with Crippen LogP contribution >= 0.6 is 11.6 Å². The average molecular weight is 398 g/mol. The number of nitrogens with zero attached hydrogens (tertiary/aromatic N) is 2. The summed E-state index contributed by atoms with van der Waals surface area (Å²) in [5.41, 5.74) is 1.62. The molecule has 28 heavy (non-hydrogen) atoms. The molecule has 3 rings (SSSR count). The number of carbonyl (C=O) groups excluding carboxylic acids is 1. The maximum atomic E-state index is 12.6. The average Bonchev–Trinajstić information content (AvgIpc) is 2.66. The number of nitrogens with one attached hydrogen (secondary N) is 1. The zero-order valence-corrected chi connectivity index (χ0v) is 15.6. The normalized spacial score (nSPS) is 10.5. The molecule has 7 nitrogen and oxygen atoms in total. The third-order valence-electron chi connectivity index (χ3n) is 4.22. The van der Waals surface area contributed by atoms with Gasteiger partial charge in [-0.1, -0.05) is 35.9 Å². The minimum Gasteiger partial charge on any atom is -0.321 e. The van der Waals surface area contributed by atoms with Crippen LogP contribution in [0.4, 0.5) is 11.4 Å². The van der Waals surface area contributed by atoms with Crippen LogP contribution in [0.15, 0.2) is 65.6 Å². The van der Waals surface area contributed by atoms with Crippen molar-refractivity contribution in [3.05, 3.63) is 103 Å². The molecule has 0 aliphatic heterocycles. The van der Waals surface area contributed by atoms with Gasteiger partial charge >= 0.3 is 0 Å². The van der Waals surface area contributed by atoms with Gasteiger partial charge in [0.1, 0.15) is 0 Å². The van der Waals surface area contributed by atoms with Crippen molar-refractivity contribution in [3.63, 3.8) is 0 Å². The van der Waals surface area contributed by atoms with Gasteiger partial charge in [0, 0.05) is 29.4 Å².